The molecule has 0 saturated heterocycles. The van der Waals surface area contributed by atoms with Crippen molar-refractivity contribution in [1.82, 2.24) is 5.43 Å². The van der Waals surface area contributed by atoms with E-state index in [1.807, 2.05) is 42.5 Å². The van der Waals surface area contributed by atoms with Crippen LogP contribution in [0.25, 0.3) is 21.7 Å². The van der Waals surface area contributed by atoms with Crippen molar-refractivity contribution < 1.29 is 18.7 Å². The first-order valence-electron chi connectivity index (χ1n) is 9.12. The maximum absolute atomic E-state index is 12.4. The van der Waals surface area contributed by atoms with Crippen LogP contribution < -0.4 is 14.9 Å². The van der Waals surface area contributed by atoms with Crippen LogP contribution in [0.15, 0.2) is 70.2 Å². The first-order valence-corrected chi connectivity index (χ1v) is 9.12. The molecule has 0 aliphatic rings. The maximum atomic E-state index is 12.4. The molecular weight excluding hydrogens is 382 g/mol. The number of hydrogen-bond acceptors (Lipinski definition) is 6. The number of nitrogens with zero attached hydrogens (tertiary/aromatic N) is 2. The molecule has 0 bridgehead atoms. The van der Waals surface area contributed by atoms with Crippen LogP contribution in [0.2, 0.25) is 0 Å². The zero-order valence-electron chi connectivity index (χ0n) is 16.1. The Labute approximate surface area is 172 Å². The molecule has 1 heterocycles. The molecule has 0 saturated carbocycles. The van der Waals surface area contributed by atoms with Crippen molar-refractivity contribution in [1.29, 1.82) is 5.26 Å². The van der Waals surface area contributed by atoms with Crippen molar-refractivity contribution in [3.8, 4) is 17.6 Å². The predicted octanol–water partition coefficient (Wildman–Crippen LogP) is 4.26. The molecule has 3 aromatic carbocycles. The van der Waals surface area contributed by atoms with E-state index in [4.69, 9.17) is 19.2 Å². The Morgan fingerprint density at radius 3 is 2.83 bits per heavy atom. The first-order chi connectivity index (χ1) is 14.7. The van der Waals surface area contributed by atoms with Gasteiger partial charge >= 0.3 is 5.91 Å². The smallest absolute Gasteiger partial charge is 0.307 e. The van der Waals surface area contributed by atoms with Gasteiger partial charge in [0.25, 0.3) is 0 Å². The molecule has 1 amide bonds. The molecule has 1 N–H and O–H groups in total. The lowest BCUT2D eigenvalue weighted by molar-refractivity contribution is 0.0929. The largest absolute Gasteiger partial charge is 0.493 e. The normalized spacial score (nSPS) is 10.9. The molecule has 4 rings (SSSR count). The highest BCUT2D eigenvalue weighted by Gasteiger charge is 2.13. The van der Waals surface area contributed by atoms with Gasteiger partial charge in [0, 0.05) is 5.39 Å². The van der Waals surface area contributed by atoms with Crippen molar-refractivity contribution in [3.05, 3.63) is 72.0 Å². The van der Waals surface area contributed by atoms with Crippen LogP contribution in [0.4, 0.5) is 0 Å². The minimum atomic E-state index is -0.451. The van der Waals surface area contributed by atoms with E-state index >= 15 is 0 Å². The number of amides is 1. The van der Waals surface area contributed by atoms with Gasteiger partial charge in [0.1, 0.15) is 11.7 Å². The van der Waals surface area contributed by atoms with Gasteiger partial charge in [0.15, 0.2) is 23.9 Å². The van der Waals surface area contributed by atoms with Crippen LogP contribution in [0.1, 0.15) is 16.1 Å². The Bertz CT molecular complexity index is 1300. The molecule has 1 aromatic heterocycles. The zero-order chi connectivity index (χ0) is 20.9. The van der Waals surface area contributed by atoms with E-state index in [-0.39, 0.29) is 12.4 Å². The van der Waals surface area contributed by atoms with E-state index in [9.17, 15) is 4.79 Å². The van der Waals surface area contributed by atoms with Gasteiger partial charge in [-0.05, 0) is 46.7 Å². The highest BCUT2D eigenvalue weighted by atomic mass is 16.5. The van der Waals surface area contributed by atoms with Crippen LogP contribution in [-0.4, -0.2) is 25.8 Å². The highest BCUT2D eigenvalue weighted by Crippen LogP contribution is 2.28. The summed E-state index contributed by atoms with van der Waals surface area (Å²) in [5.74, 6) is 0.642. The number of furan rings is 1. The van der Waals surface area contributed by atoms with Crippen molar-refractivity contribution in [2.45, 2.75) is 0 Å². The van der Waals surface area contributed by atoms with Crippen molar-refractivity contribution in [2.75, 3.05) is 13.7 Å². The van der Waals surface area contributed by atoms with Gasteiger partial charge in [0.05, 0.1) is 13.3 Å². The van der Waals surface area contributed by atoms with E-state index in [1.54, 1.807) is 24.3 Å². The minimum Gasteiger partial charge on any atom is -0.493 e. The third-order valence-electron chi connectivity index (χ3n) is 4.51. The molecule has 7 nitrogen and oxygen atoms in total. The van der Waals surface area contributed by atoms with Crippen LogP contribution >= 0.6 is 0 Å². The monoisotopic (exact) mass is 399 g/mol. The molecule has 0 aliphatic carbocycles. The summed E-state index contributed by atoms with van der Waals surface area (Å²) in [6.45, 7) is -0.0767. The third-order valence-corrected chi connectivity index (χ3v) is 4.51. The minimum absolute atomic E-state index is 0.0767. The number of fused-ring (bicyclic) bond motifs is 3. The number of methoxy groups -OCH3 is 1. The molecule has 4 aromatic rings. The Kier molecular flexibility index (Phi) is 5.31. The second kappa shape index (κ2) is 8.37. The van der Waals surface area contributed by atoms with Crippen LogP contribution in [0.5, 0.6) is 11.5 Å². The average molecular weight is 399 g/mol. The fraction of sp³-hybridized carbons (Fsp3) is 0.0870. The second-order valence-corrected chi connectivity index (χ2v) is 6.37. The Hall–Kier alpha value is -4.31. The summed E-state index contributed by atoms with van der Waals surface area (Å²) < 4.78 is 16.2. The van der Waals surface area contributed by atoms with Gasteiger partial charge in [0.2, 0.25) is 0 Å². The third kappa shape index (κ3) is 3.80. The summed E-state index contributed by atoms with van der Waals surface area (Å²) in [7, 11) is 1.50. The molecule has 0 fully saturated rings. The quantitative estimate of drug-likeness (QED) is 0.386. The number of ether oxygens (including phenoxy) is 2. The first kappa shape index (κ1) is 19.0. The second-order valence-electron chi connectivity index (χ2n) is 6.37. The number of hydrogen-bond donors (Lipinski definition) is 1. The Morgan fingerprint density at radius 2 is 2.00 bits per heavy atom. The number of carbonyl (C=O) groups excluding carboxylic acids is 1. The van der Waals surface area contributed by atoms with E-state index < -0.39 is 5.91 Å². The van der Waals surface area contributed by atoms with E-state index in [0.29, 0.717) is 22.6 Å². The Morgan fingerprint density at radius 1 is 1.13 bits per heavy atom. The molecule has 0 radical (unpaired) electrons. The lowest BCUT2D eigenvalue weighted by Gasteiger charge is -2.08. The molecule has 0 atom stereocenters. The maximum Gasteiger partial charge on any atom is 0.307 e. The van der Waals surface area contributed by atoms with E-state index in [1.165, 1.54) is 13.3 Å². The van der Waals surface area contributed by atoms with Gasteiger partial charge in [-0.3, -0.25) is 4.79 Å². The van der Waals surface area contributed by atoms with Crippen molar-refractivity contribution in [3.63, 3.8) is 0 Å². The summed E-state index contributed by atoms with van der Waals surface area (Å²) in [4.78, 5) is 12.4. The number of hydrazone groups is 1. The average Bonchev–Trinajstić information content (AvgIpc) is 3.23. The predicted molar refractivity (Wildman–Crippen MR) is 113 cm³/mol. The summed E-state index contributed by atoms with van der Waals surface area (Å²) in [5, 5.41) is 15.6. The lowest BCUT2D eigenvalue weighted by atomic mass is 10.1. The Balaban J connectivity index is 1.50. The lowest BCUT2D eigenvalue weighted by Crippen LogP contribution is -2.16. The van der Waals surface area contributed by atoms with Crippen LogP contribution in [0.3, 0.4) is 0 Å². The van der Waals surface area contributed by atoms with Gasteiger partial charge in [-0.1, -0.05) is 30.3 Å². The van der Waals surface area contributed by atoms with Gasteiger partial charge in [-0.2, -0.15) is 10.4 Å². The number of nitriles is 1. The molecular formula is C23H17N3O4. The van der Waals surface area contributed by atoms with Gasteiger partial charge in [-0.25, -0.2) is 5.43 Å². The fourth-order valence-electron chi connectivity index (χ4n) is 3.12. The fourth-order valence-corrected chi connectivity index (χ4v) is 3.12. The summed E-state index contributed by atoms with van der Waals surface area (Å²) in [6, 6.07) is 20.4. The summed E-state index contributed by atoms with van der Waals surface area (Å²) in [6.07, 6.45) is 1.48. The van der Waals surface area contributed by atoms with E-state index in [0.717, 1.165) is 16.2 Å². The number of benzene rings is 3. The summed E-state index contributed by atoms with van der Waals surface area (Å²) in [5.41, 5.74) is 3.79. The standard InChI is InChI=1S/C23H17N3O4/c1-28-21-12-15(6-8-20(21)29-11-10-24)14-25-26-23(27)22-13-18-17-5-3-2-4-16(17)7-9-19(18)30-22/h2-9,12-14H,11H2,1H3,(H,26,27)/b25-14-. The number of nitrogens with one attached hydrogen (secondary N) is 1. The topological polar surface area (TPSA) is 96.8 Å². The molecule has 0 aliphatic heterocycles. The highest BCUT2D eigenvalue weighted by molar-refractivity contribution is 6.08. The van der Waals surface area contributed by atoms with Crippen molar-refractivity contribution in [2.24, 2.45) is 5.10 Å². The van der Waals surface area contributed by atoms with Gasteiger partial charge < -0.3 is 13.9 Å². The zero-order valence-corrected chi connectivity index (χ0v) is 16.1. The summed E-state index contributed by atoms with van der Waals surface area (Å²) >= 11 is 0. The SMILES string of the molecule is COc1cc(/C=N\NC(=O)c2cc3c(ccc4ccccc43)o2)ccc1OCC#N. The molecule has 30 heavy (non-hydrogen) atoms. The van der Waals surface area contributed by atoms with Crippen LogP contribution in [-0.2, 0) is 0 Å². The van der Waals surface area contributed by atoms with Crippen molar-refractivity contribution >= 4 is 33.9 Å². The van der Waals surface area contributed by atoms with Crippen LogP contribution in [0, 0.1) is 11.3 Å². The number of rotatable bonds is 6. The molecule has 0 unspecified atom stereocenters. The molecule has 148 valence electrons. The van der Waals surface area contributed by atoms with Gasteiger partial charge in [-0.15, -0.1) is 0 Å². The molecule has 0 spiro atoms. The molecule has 7 heteroatoms. The van der Waals surface area contributed by atoms with E-state index in [2.05, 4.69) is 10.5 Å². The number of carbonyl (C=O) groups is 1.